The predicted molar refractivity (Wildman–Crippen MR) is 116 cm³/mol. The van der Waals surface area contributed by atoms with Gasteiger partial charge in [-0.2, -0.15) is 0 Å². The molecule has 3 N–H and O–H groups in total. The van der Waals surface area contributed by atoms with E-state index in [9.17, 15) is 9.59 Å². The van der Waals surface area contributed by atoms with E-state index in [0.29, 0.717) is 16.0 Å². The SMILES string of the molecule is Cc1ccccc1OCC(=O)NNC(=S)NC(=O)COc1ccc(Br)cc1Br. The number of hydrogen-bond acceptors (Lipinski definition) is 5. The Bertz CT molecular complexity index is 880. The summed E-state index contributed by atoms with van der Waals surface area (Å²) in [5, 5.41) is 2.33. The number of benzene rings is 2. The number of hydrogen-bond donors (Lipinski definition) is 3. The smallest absolute Gasteiger partial charge is 0.276 e. The van der Waals surface area contributed by atoms with Gasteiger partial charge in [0.1, 0.15) is 11.5 Å². The summed E-state index contributed by atoms with van der Waals surface area (Å²) >= 11 is 11.6. The third-order valence-electron chi connectivity index (χ3n) is 3.27. The molecule has 10 heteroatoms. The first-order valence-electron chi connectivity index (χ1n) is 8.00. The average molecular weight is 531 g/mol. The van der Waals surface area contributed by atoms with Crippen LogP contribution in [0, 0.1) is 6.92 Å². The van der Waals surface area contributed by atoms with Gasteiger partial charge in [-0.05, 0) is 64.9 Å². The van der Waals surface area contributed by atoms with E-state index in [1.807, 2.05) is 25.1 Å². The maximum absolute atomic E-state index is 11.9. The molecule has 0 aliphatic rings. The average Bonchev–Trinajstić information content (AvgIpc) is 2.65. The lowest BCUT2D eigenvalue weighted by Gasteiger charge is -2.13. The van der Waals surface area contributed by atoms with Gasteiger partial charge in [-0.15, -0.1) is 0 Å². The van der Waals surface area contributed by atoms with Crippen LogP contribution in [0.4, 0.5) is 0 Å². The number of rotatable bonds is 6. The van der Waals surface area contributed by atoms with Gasteiger partial charge in [-0.25, -0.2) is 0 Å². The standard InChI is InChI=1S/C18H17Br2N3O4S/c1-11-4-2-3-5-14(11)26-10-17(25)22-23-18(28)21-16(24)9-27-15-7-6-12(19)8-13(15)20/h2-8H,9-10H2,1H3,(H,22,25)(H2,21,23,24,28). The first-order valence-corrected chi connectivity index (χ1v) is 9.99. The number of amides is 2. The van der Waals surface area contributed by atoms with Gasteiger partial charge in [0.25, 0.3) is 11.8 Å². The molecule has 0 fully saturated rings. The van der Waals surface area contributed by atoms with Crippen LogP contribution in [-0.2, 0) is 9.59 Å². The Balaban J connectivity index is 1.67. The molecule has 0 saturated carbocycles. The third-order valence-corrected chi connectivity index (χ3v) is 4.59. The monoisotopic (exact) mass is 529 g/mol. The molecule has 0 unspecified atom stereocenters. The second-order valence-corrected chi connectivity index (χ2v) is 7.65. The van der Waals surface area contributed by atoms with E-state index in [1.165, 1.54) is 0 Å². The third kappa shape index (κ3) is 7.45. The Kier molecular flexibility index (Phi) is 8.68. The van der Waals surface area contributed by atoms with E-state index in [4.69, 9.17) is 21.7 Å². The van der Waals surface area contributed by atoms with Gasteiger partial charge in [0, 0.05) is 4.47 Å². The molecule has 0 spiro atoms. The molecule has 0 aliphatic carbocycles. The van der Waals surface area contributed by atoms with Crippen molar-refractivity contribution in [2.24, 2.45) is 0 Å². The fourth-order valence-corrected chi connectivity index (χ4v) is 3.28. The topological polar surface area (TPSA) is 88.7 Å². The van der Waals surface area contributed by atoms with E-state index >= 15 is 0 Å². The highest BCUT2D eigenvalue weighted by Gasteiger charge is 2.09. The van der Waals surface area contributed by atoms with Gasteiger partial charge >= 0.3 is 0 Å². The van der Waals surface area contributed by atoms with Crippen molar-refractivity contribution in [2.45, 2.75) is 6.92 Å². The molecule has 2 rings (SSSR count). The van der Waals surface area contributed by atoms with Crippen molar-refractivity contribution in [1.82, 2.24) is 16.2 Å². The lowest BCUT2D eigenvalue weighted by atomic mass is 10.2. The molecule has 2 aromatic rings. The first-order chi connectivity index (χ1) is 13.3. The molecule has 0 bridgehead atoms. The van der Waals surface area contributed by atoms with Gasteiger partial charge in [0.15, 0.2) is 18.3 Å². The number of carbonyl (C=O) groups is 2. The Hall–Kier alpha value is -2.17. The highest BCUT2D eigenvalue weighted by atomic mass is 79.9. The Labute approximate surface area is 184 Å². The Morgan fingerprint density at radius 1 is 0.964 bits per heavy atom. The van der Waals surface area contributed by atoms with Gasteiger partial charge in [0.2, 0.25) is 0 Å². The van der Waals surface area contributed by atoms with Crippen molar-refractivity contribution in [1.29, 1.82) is 0 Å². The van der Waals surface area contributed by atoms with E-state index in [1.54, 1.807) is 24.3 Å². The summed E-state index contributed by atoms with van der Waals surface area (Å²) in [6.45, 7) is 1.44. The van der Waals surface area contributed by atoms with Crippen LogP contribution in [0.3, 0.4) is 0 Å². The summed E-state index contributed by atoms with van der Waals surface area (Å²) in [6.07, 6.45) is 0. The van der Waals surface area contributed by atoms with Gasteiger partial charge in [0.05, 0.1) is 4.47 Å². The van der Waals surface area contributed by atoms with Gasteiger partial charge in [-0.1, -0.05) is 34.1 Å². The molecular weight excluding hydrogens is 514 g/mol. The lowest BCUT2D eigenvalue weighted by Crippen LogP contribution is -2.50. The summed E-state index contributed by atoms with van der Waals surface area (Å²) in [6, 6.07) is 12.7. The maximum Gasteiger partial charge on any atom is 0.276 e. The van der Waals surface area contributed by atoms with E-state index < -0.39 is 11.8 Å². The van der Waals surface area contributed by atoms with Crippen LogP contribution in [0.25, 0.3) is 0 Å². The van der Waals surface area contributed by atoms with Gasteiger partial charge in [-0.3, -0.25) is 25.8 Å². The quantitative estimate of drug-likeness (QED) is 0.393. The van der Waals surface area contributed by atoms with Crippen molar-refractivity contribution in [2.75, 3.05) is 13.2 Å². The number of thiocarbonyl (C=S) groups is 1. The largest absolute Gasteiger partial charge is 0.483 e. The minimum absolute atomic E-state index is 0.0623. The lowest BCUT2D eigenvalue weighted by molar-refractivity contribution is -0.124. The van der Waals surface area contributed by atoms with Crippen LogP contribution >= 0.6 is 44.1 Å². The summed E-state index contributed by atoms with van der Waals surface area (Å²) in [5.74, 6) is 0.205. The fraction of sp³-hybridized carbons (Fsp3) is 0.167. The van der Waals surface area contributed by atoms with Crippen molar-refractivity contribution < 1.29 is 19.1 Å². The minimum atomic E-state index is -0.474. The van der Waals surface area contributed by atoms with Crippen molar-refractivity contribution in [3.8, 4) is 11.5 Å². The van der Waals surface area contributed by atoms with Crippen LogP contribution in [0.1, 0.15) is 5.56 Å². The van der Waals surface area contributed by atoms with E-state index in [2.05, 4.69) is 48.0 Å². The molecule has 0 aliphatic heterocycles. The summed E-state index contributed by atoms with van der Waals surface area (Å²) in [4.78, 5) is 23.7. The second-order valence-electron chi connectivity index (χ2n) is 5.47. The van der Waals surface area contributed by atoms with Crippen LogP contribution in [0.15, 0.2) is 51.4 Å². The maximum atomic E-state index is 11.9. The molecule has 28 heavy (non-hydrogen) atoms. The van der Waals surface area contributed by atoms with Gasteiger partial charge < -0.3 is 9.47 Å². The number of para-hydroxylation sites is 1. The molecule has 0 saturated heterocycles. The number of aryl methyl sites for hydroxylation is 1. The number of carbonyl (C=O) groups excluding carboxylic acids is 2. The fourth-order valence-electron chi connectivity index (χ4n) is 1.95. The Morgan fingerprint density at radius 3 is 2.36 bits per heavy atom. The second kappa shape index (κ2) is 11.0. The van der Waals surface area contributed by atoms with Crippen LogP contribution < -0.4 is 25.6 Å². The normalized spacial score (nSPS) is 9.96. The number of halogens is 2. The molecule has 0 radical (unpaired) electrons. The van der Waals surface area contributed by atoms with Crippen molar-refractivity contribution >= 4 is 61.0 Å². The summed E-state index contributed by atoms with van der Waals surface area (Å²) in [5.41, 5.74) is 5.69. The molecule has 0 aromatic heterocycles. The summed E-state index contributed by atoms with van der Waals surface area (Å²) < 4.78 is 12.4. The molecule has 0 heterocycles. The van der Waals surface area contributed by atoms with E-state index in [0.717, 1.165) is 10.0 Å². The van der Waals surface area contributed by atoms with Crippen LogP contribution in [0.5, 0.6) is 11.5 Å². The minimum Gasteiger partial charge on any atom is -0.483 e. The molecular formula is C18H17Br2N3O4S. The van der Waals surface area contributed by atoms with Crippen molar-refractivity contribution in [3.63, 3.8) is 0 Å². The zero-order valence-corrected chi connectivity index (χ0v) is 18.7. The molecule has 148 valence electrons. The first kappa shape index (κ1) is 22.1. The predicted octanol–water partition coefficient (Wildman–Crippen LogP) is 3.00. The van der Waals surface area contributed by atoms with Crippen LogP contribution in [-0.4, -0.2) is 30.1 Å². The molecule has 7 nitrogen and oxygen atoms in total. The number of nitrogens with one attached hydrogen (secondary N) is 3. The highest BCUT2D eigenvalue weighted by Crippen LogP contribution is 2.28. The van der Waals surface area contributed by atoms with E-state index in [-0.39, 0.29) is 18.3 Å². The molecule has 2 aromatic carbocycles. The molecule has 2 amide bonds. The number of hydrazine groups is 1. The highest BCUT2D eigenvalue weighted by molar-refractivity contribution is 9.11. The number of ether oxygens (including phenoxy) is 2. The zero-order chi connectivity index (χ0) is 20.5. The summed E-state index contributed by atoms with van der Waals surface area (Å²) in [7, 11) is 0. The zero-order valence-electron chi connectivity index (χ0n) is 14.8. The van der Waals surface area contributed by atoms with Crippen molar-refractivity contribution in [3.05, 3.63) is 57.0 Å². The molecule has 0 atom stereocenters. The Morgan fingerprint density at radius 2 is 1.64 bits per heavy atom. The van der Waals surface area contributed by atoms with Crippen LogP contribution in [0.2, 0.25) is 0 Å².